The van der Waals surface area contributed by atoms with Crippen LogP contribution in [0.2, 0.25) is 0 Å². The Hall–Kier alpha value is -4.44. The van der Waals surface area contributed by atoms with Crippen LogP contribution in [0.5, 0.6) is 5.88 Å². The first-order valence-corrected chi connectivity index (χ1v) is 15.9. The highest BCUT2D eigenvalue weighted by molar-refractivity contribution is 7.93. The number of pyridine rings is 1. The van der Waals surface area contributed by atoms with Gasteiger partial charge < -0.3 is 14.8 Å². The molecule has 2 atom stereocenters. The quantitative estimate of drug-likeness (QED) is 0.223. The van der Waals surface area contributed by atoms with Crippen molar-refractivity contribution in [1.82, 2.24) is 24.3 Å². The van der Waals surface area contributed by atoms with E-state index in [1.54, 1.807) is 32.2 Å². The number of unbranched alkanes of at least 4 members (excludes halogenated alkanes) is 1. The van der Waals surface area contributed by atoms with Crippen LogP contribution in [0.4, 0.5) is 16.3 Å². The number of hydrogen-bond acceptors (Lipinski definition) is 10. The molecule has 1 N–H and O–H groups in total. The molecule has 1 saturated carbocycles. The van der Waals surface area contributed by atoms with Crippen molar-refractivity contribution in [2.75, 3.05) is 11.9 Å². The van der Waals surface area contributed by atoms with Gasteiger partial charge in [0.15, 0.2) is 15.7 Å². The molecule has 0 bridgehead atoms. The van der Waals surface area contributed by atoms with Crippen LogP contribution in [-0.4, -0.2) is 50.2 Å². The lowest BCUT2D eigenvalue weighted by atomic mass is 9.98. The minimum Gasteiger partial charge on any atom is -0.477 e. The van der Waals surface area contributed by atoms with Crippen LogP contribution in [-0.2, 0) is 14.6 Å². The maximum Gasteiger partial charge on any atom is 0.419 e. The lowest BCUT2D eigenvalue weighted by molar-refractivity contribution is 0.0818. The monoisotopic (exact) mass is 603 g/mol. The van der Waals surface area contributed by atoms with Gasteiger partial charge >= 0.3 is 6.09 Å². The Balaban J connectivity index is 1.41. The van der Waals surface area contributed by atoms with E-state index >= 15 is 0 Å². The second kappa shape index (κ2) is 11.0. The van der Waals surface area contributed by atoms with Gasteiger partial charge in [-0.05, 0) is 63.3 Å². The van der Waals surface area contributed by atoms with Crippen LogP contribution < -0.4 is 10.1 Å². The molecule has 12 nitrogen and oxygen atoms in total. The van der Waals surface area contributed by atoms with E-state index in [2.05, 4.69) is 28.3 Å². The Kier molecular flexibility index (Phi) is 7.33. The molecule has 0 spiro atoms. The summed E-state index contributed by atoms with van der Waals surface area (Å²) in [6, 6.07) is 8.96. The number of rotatable bonds is 10. The first kappa shape index (κ1) is 28.7. The van der Waals surface area contributed by atoms with Crippen LogP contribution in [0.1, 0.15) is 70.6 Å². The summed E-state index contributed by atoms with van der Waals surface area (Å²) in [6.45, 7) is 5.68. The highest BCUT2D eigenvalue weighted by atomic mass is 32.2. The fraction of sp³-hybridized carbons (Fsp3) is 0.433. The number of nitrogens with one attached hydrogen (secondary N) is 1. The van der Waals surface area contributed by atoms with Crippen molar-refractivity contribution in [2.45, 2.75) is 74.7 Å². The predicted molar refractivity (Wildman–Crippen MR) is 158 cm³/mol. The molecule has 1 aliphatic carbocycles. The standard InChI is InChI=1S/C30H33N7O5S/c1-4-5-16-41-28-25-23(11-13-33-28)37(22(10-12-31)19-6-7-19)35-27(25)34-20-8-9-24-21(17-20)26(30(2,3)43(24,39)40)42-29(38)36-15-14-32-18-36/h8-9,11,13-15,17-19,22,26H,4-7,10,16H2,1-3H3,(H,34,35)/t22-,26?/m0/s1. The van der Waals surface area contributed by atoms with E-state index in [4.69, 9.17) is 14.6 Å². The van der Waals surface area contributed by atoms with Crippen molar-refractivity contribution in [3.8, 4) is 11.9 Å². The number of sulfone groups is 1. The van der Waals surface area contributed by atoms with Crippen molar-refractivity contribution in [3.05, 3.63) is 54.7 Å². The molecule has 1 aliphatic heterocycles. The summed E-state index contributed by atoms with van der Waals surface area (Å²) in [5.74, 6) is 1.28. The lowest BCUT2D eigenvalue weighted by Crippen LogP contribution is -2.35. The van der Waals surface area contributed by atoms with Crippen molar-refractivity contribution < 1.29 is 22.7 Å². The molecule has 0 radical (unpaired) electrons. The number of carbonyl (C=O) groups is 1. The zero-order valence-electron chi connectivity index (χ0n) is 24.2. The molecule has 2 aliphatic rings. The Bertz CT molecular complexity index is 1820. The van der Waals surface area contributed by atoms with Gasteiger partial charge in [0.25, 0.3) is 0 Å². The van der Waals surface area contributed by atoms with Gasteiger partial charge in [-0.15, -0.1) is 0 Å². The third-order valence-electron chi connectivity index (χ3n) is 8.21. The normalized spacial score (nSPS) is 19.0. The van der Waals surface area contributed by atoms with Gasteiger partial charge in [-0.2, -0.15) is 10.4 Å². The van der Waals surface area contributed by atoms with E-state index in [1.165, 1.54) is 24.8 Å². The molecular weight excluding hydrogens is 570 g/mol. The molecule has 0 saturated heterocycles. The van der Waals surface area contributed by atoms with Gasteiger partial charge in [0.1, 0.15) is 22.6 Å². The molecule has 1 fully saturated rings. The third kappa shape index (κ3) is 4.99. The second-order valence-electron chi connectivity index (χ2n) is 11.5. The number of ether oxygens (including phenoxy) is 2. The molecule has 6 rings (SSSR count). The number of hydrogen-bond donors (Lipinski definition) is 1. The van der Waals surface area contributed by atoms with Crippen molar-refractivity contribution in [2.24, 2.45) is 5.92 Å². The second-order valence-corrected chi connectivity index (χ2v) is 14.0. The zero-order chi connectivity index (χ0) is 30.4. The Morgan fingerprint density at radius 2 is 2.07 bits per heavy atom. The maximum atomic E-state index is 13.5. The first-order chi connectivity index (χ1) is 20.7. The molecular formula is C30H33N7O5S. The van der Waals surface area contributed by atoms with Crippen molar-refractivity contribution in [1.29, 1.82) is 5.26 Å². The largest absolute Gasteiger partial charge is 0.477 e. The molecule has 1 unspecified atom stereocenters. The summed E-state index contributed by atoms with van der Waals surface area (Å²) >= 11 is 0. The summed E-state index contributed by atoms with van der Waals surface area (Å²) in [5, 5.41) is 18.5. The molecule has 3 aromatic heterocycles. The molecule has 43 heavy (non-hydrogen) atoms. The summed E-state index contributed by atoms with van der Waals surface area (Å²) in [6.07, 6.45) is 8.29. The van der Waals surface area contributed by atoms with Crippen LogP contribution in [0.15, 0.2) is 54.1 Å². The van der Waals surface area contributed by atoms with Gasteiger partial charge in [0.05, 0.1) is 35.6 Å². The minimum atomic E-state index is -3.82. The molecule has 4 heterocycles. The summed E-state index contributed by atoms with van der Waals surface area (Å²) in [7, 11) is -3.82. The fourth-order valence-electron chi connectivity index (χ4n) is 5.59. The zero-order valence-corrected chi connectivity index (χ0v) is 25.0. The third-order valence-corrected chi connectivity index (χ3v) is 10.8. The summed E-state index contributed by atoms with van der Waals surface area (Å²) in [4.78, 5) is 21.3. The van der Waals surface area contributed by atoms with Gasteiger partial charge in [0, 0.05) is 29.8 Å². The smallest absolute Gasteiger partial charge is 0.419 e. The average Bonchev–Trinajstić information content (AvgIpc) is 3.49. The van der Waals surface area contributed by atoms with Crippen molar-refractivity contribution >= 4 is 38.3 Å². The van der Waals surface area contributed by atoms with E-state index in [-0.39, 0.29) is 10.9 Å². The van der Waals surface area contributed by atoms with Gasteiger partial charge in [-0.25, -0.2) is 27.7 Å². The van der Waals surface area contributed by atoms with E-state index in [1.807, 2.05) is 10.7 Å². The predicted octanol–water partition coefficient (Wildman–Crippen LogP) is 5.71. The van der Waals surface area contributed by atoms with E-state index in [0.29, 0.717) is 47.3 Å². The highest BCUT2D eigenvalue weighted by Gasteiger charge is 2.54. The summed E-state index contributed by atoms with van der Waals surface area (Å²) < 4.78 is 40.5. The van der Waals surface area contributed by atoms with Crippen LogP contribution >= 0.6 is 0 Å². The number of imidazole rings is 1. The minimum absolute atomic E-state index is 0.0909. The Morgan fingerprint density at radius 1 is 1.26 bits per heavy atom. The number of nitrogens with zero attached hydrogens (tertiary/aromatic N) is 6. The van der Waals surface area contributed by atoms with Gasteiger partial charge in [-0.3, -0.25) is 4.68 Å². The van der Waals surface area contributed by atoms with E-state index < -0.39 is 26.8 Å². The number of benzene rings is 1. The summed E-state index contributed by atoms with van der Waals surface area (Å²) in [5.41, 5.74) is 1.71. The maximum absolute atomic E-state index is 13.5. The number of nitriles is 1. The highest BCUT2D eigenvalue weighted by Crippen LogP contribution is 2.50. The van der Waals surface area contributed by atoms with Crippen LogP contribution in [0, 0.1) is 17.2 Å². The van der Waals surface area contributed by atoms with Gasteiger partial charge in [-0.1, -0.05) is 13.3 Å². The van der Waals surface area contributed by atoms with Crippen molar-refractivity contribution in [3.63, 3.8) is 0 Å². The van der Waals surface area contributed by atoms with Gasteiger partial charge in [0.2, 0.25) is 5.88 Å². The number of carbonyl (C=O) groups excluding carboxylic acids is 1. The number of anilines is 2. The lowest BCUT2D eigenvalue weighted by Gasteiger charge is -2.25. The molecule has 224 valence electrons. The average molecular weight is 604 g/mol. The first-order valence-electron chi connectivity index (χ1n) is 14.4. The van der Waals surface area contributed by atoms with Crippen LogP contribution in [0.3, 0.4) is 0 Å². The van der Waals surface area contributed by atoms with Crippen LogP contribution in [0.25, 0.3) is 10.9 Å². The van der Waals surface area contributed by atoms with E-state index in [9.17, 15) is 18.5 Å². The Morgan fingerprint density at radius 3 is 2.77 bits per heavy atom. The van der Waals surface area contributed by atoms with E-state index in [0.717, 1.165) is 35.8 Å². The fourth-order valence-corrected chi connectivity index (χ4v) is 7.34. The SMILES string of the molecule is CCCCOc1nccc2c1c(Nc1ccc3c(c1)C(OC(=O)n1ccnc1)C(C)(C)S3(=O)=O)nn2[C@@H](CC#N)C1CC1. The molecule has 4 aromatic rings. The molecule has 0 amide bonds. The number of fused-ring (bicyclic) bond motifs is 2. The Labute approximate surface area is 249 Å². The molecule has 13 heteroatoms. The topological polar surface area (TPSA) is 154 Å². The number of aromatic nitrogens is 5. The molecule has 1 aromatic carbocycles.